The molecule has 112 valence electrons. The summed E-state index contributed by atoms with van der Waals surface area (Å²) >= 11 is 0. The summed E-state index contributed by atoms with van der Waals surface area (Å²) in [5.74, 6) is 0.338. The van der Waals surface area contributed by atoms with Crippen molar-refractivity contribution >= 4 is 5.97 Å². The van der Waals surface area contributed by atoms with Crippen LogP contribution in [-0.2, 0) is 16.0 Å². The fourth-order valence-electron chi connectivity index (χ4n) is 2.93. The molecule has 1 aromatic heterocycles. The number of carbonyl (C=O) groups is 1. The van der Waals surface area contributed by atoms with Crippen molar-refractivity contribution < 1.29 is 9.53 Å². The third-order valence-electron chi connectivity index (χ3n) is 3.84. The first-order valence-corrected chi connectivity index (χ1v) is 7.62. The maximum Gasteiger partial charge on any atom is 0.310 e. The summed E-state index contributed by atoms with van der Waals surface area (Å²) in [7, 11) is 0. The van der Waals surface area contributed by atoms with Crippen molar-refractivity contribution in [1.29, 1.82) is 0 Å². The molecular formula is C16H26N2O2. The lowest BCUT2D eigenvalue weighted by molar-refractivity contribution is -0.153. The van der Waals surface area contributed by atoms with Crippen LogP contribution in [0.3, 0.4) is 0 Å². The Labute approximate surface area is 121 Å². The standard InChI is InChI=1S/C16H26N2O2/c1-11-13(10-14(19)20-16(2,3)4)15(18-17-11)12-8-6-5-7-9-12/h12H,5-10H2,1-4H3,(H,17,18). The van der Waals surface area contributed by atoms with Crippen molar-refractivity contribution in [1.82, 2.24) is 10.2 Å². The number of ether oxygens (including phenoxy) is 1. The van der Waals surface area contributed by atoms with E-state index in [9.17, 15) is 4.79 Å². The second-order valence-corrected chi connectivity index (χ2v) is 6.81. The van der Waals surface area contributed by atoms with Crippen LogP contribution in [0.1, 0.15) is 75.7 Å². The number of carbonyl (C=O) groups excluding carboxylic acids is 1. The van der Waals surface area contributed by atoms with Gasteiger partial charge in [0.2, 0.25) is 0 Å². The van der Waals surface area contributed by atoms with E-state index >= 15 is 0 Å². The van der Waals surface area contributed by atoms with E-state index in [2.05, 4.69) is 10.2 Å². The number of hydrogen-bond acceptors (Lipinski definition) is 3. The molecular weight excluding hydrogens is 252 g/mol. The number of esters is 1. The van der Waals surface area contributed by atoms with Crippen LogP contribution in [0.25, 0.3) is 0 Å². The molecule has 0 amide bonds. The van der Waals surface area contributed by atoms with Crippen LogP contribution in [0.5, 0.6) is 0 Å². The van der Waals surface area contributed by atoms with Gasteiger partial charge in [-0.1, -0.05) is 19.3 Å². The highest BCUT2D eigenvalue weighted by atomic mass is 16.6. The second-order valence-electron chi connectivity index (χ2n) is 6.81. The summed E-state index contributed by atoms with van der Waals surface area (Å²) in [6, 6.07) is 0. The lowest BCUT2D eigenvalue weighted by atomic mass is 9.85. The molecule has 0 radical (unpaired) electrons. The van der Waals surface area contributed by atoms with E-state index in [0.29, 0.717) is 12.3 Å². The largest absolute Gasteiger partial charge is 0.460 e. The Balaban J connectivity index is 2.10. The molecule has 1 aliphatic rings. The van der Waals surface area contributed by atoms with Gasteiger partial charge < -0.3 is 4.74 Å². The van der Waals surface area contributed by atoms with E-state index in [4.69, 9.17) is 4.74 Å². The normalized spacial score (nSPS) is 17.2. The first kappa shape index (κ1) is 15.1. The van der Waals surface area contributed by atoms with Crippen molar-refractivity contribution in [3.05, 3.63) is 17.0 Å². The van der Waals surface area contributed by atoms with Crippen LogP contribution >= 0.6 is 0 Å². The molecule has 0 aromatic carbocycles. The predicted octanol–water partition coefficient (Wildman–Crippen LogP) is 3.65. The predicted molar refractivity (Wildman–Crippen MR) is 78.7 cm³/mol. The van der Waals surface area contributed by atoms with Gasteiger partial charge >= 0.3 is 5.97 Å². The van der Waals surface area contributed by atoms with Crippen LogP contribution in [0.2, 0.25) is 0 Å². The number of aromatic amines is 1. The minimum atomic E-state index is -0.431. The van der Waals surface area contributed by atoms with Gasteiger partial charge in [-0.05, 0) is 40.5 Å². The highest BCUT2D eigenvalue weighted by Crippen LogP contribution is 2.34. The quantitative estimate of drug-likeness (QED) is 0.859. The second kappa shape index (κ2) is 5.98. The molecule has 0 spiro atoms. The van der Waals surface area contributed by atoms with Crippen LogP contribution in [-0.4, -0.2) is 21.8 Å². The zero-order valence-electron chi connectivity index (χ0n) is 13.1. The van der Waals surface area contributed by atoms with Crippen LogP contribution in [0, 0.1) is 6.92 Å². The van der Waals surface area contributed by atoms with Crippen molar-refractivity contribution in [3.63, 3.8) is 0 Å². The molecule has 1 saturated carbocycles. The zero-order valence-corrected chi connectivity index (χ0v) is 13.1. The maximum atomic E-state index is 12.0. The third-order valence-corrected chi connectivity index (χ3v) is 3.84. The number of nitrogens with zero attached hydrogens (tertiary/aromatic N) is 1. The Morgan fingerprint density at radius 2 is 1.95 bits per heavy atom. The average molecular weight is 278 g/mol. The van der Waals surface area contributed by atoms with Gasteiger partial charge in [0.05, 0.1) is 12.1 Å². The molecule has 4 nitrogen and oxygen atoms in total. The van der Waals surface area contributed by atoms with Crippen molar-refractivity contribution in [2.75, 3.05) is 0 Å². The Bertz CT molecular complexity index is 465. The van der Waals surface area contributed by atoms with Gasteiger partial charge in [0.15, 0.2) is 0 Å². The number of rotatable bonds is 3. The molecule has 0 aliphatic heterocycles. The van der Waals surface area contributed by atoms with Crippen LogP contribution < -0.4 is 0 Å². The fourth-order valence-corrected chi connectivity index (χ4v) is 2.93. The molecule has 1 aliphatic carbocycles. The average Bonchev–Trinajstić information content (AvgIpc) is 2.70. The molecule has 0 atom stereocenters. The van der Waals surface area contributed by atoms with E-state index in [1.807, 2.05) is 27.7 Å². The molecule has 0 saturated heterocycles. The summed E-state index contributed by atoms with van der Waals surface area (Å²) in [6.07, 6.45) is 6.55. The van der Waals surface area contributed by atoms with E-state index in [1.165, 1.54) is 32.1 Å². The first-order valence-electron chi connectivity index (χ1n) is 7.62. The minimum absolute atomic E-state index is 0.168. The summed E-state index contributed by atoms with van der Waals surface area (Å²) in [6.45, 7) is 7.68. The lowest BCUT2D eigenvalue weighted by Gasteiger charge is -2.22. The van der Waals surface area contributed by atoms with E-state index in [0.717, 1.165) is 17.0 Å². The van der Waals surface area contributed by atoms with Gasteiger partial charge in [0.25, 0.3) is 0 Å². The van der Waals surface area contributed by atoms with E-state index < -0.39 is 5.60 Å². The number of hydrogen-bond donors (Lipinski definition) is 1. The molecule has 1 N–H and O–H groups in total. The summed E-state index contributed by atoms with van der Waals surface area (Å²) in [5.41, 5.74) is 2.70. The first-order chi connectivity index (χ1) is 9.37. The molecule has 0 bridgehead atoms. The van der Waals surface area contributed by atoms with Gasteiger partial charge in [0.1, 0.15) is 5.60 Å². The summed E-state index contributed by atoms with van der Waals surface area (Å²) in [4.78, 5) is 12.0. The van der Waals surface area contributed by atoms with E-state index in [-0.39, 0.29) is 5.97 Å². The Morgan fingerprint density at radius 3 is 2.55 bits per heavy atom. The fraction of sp³-hybridized carbons (Fsp3) is 0.750. The summed E-state index contributed by atoms with van der Waals surface area (Å²) in [5, 5.41) is 7.50. The Kier molecular flexibility index (Phi) is 4.51. The van der Waals surface area contributed by atoms with Crippen molar-refractivity contribution in [2.45, 2.75) is 77.7 Å². The van der Waals surface area contributed by atoms with Gasteiger partial charge in [0, 0.05) is 17.2 Å². The summed E-state index contributed by atoms with van der Waals surface area (Å²) < 4.78 is 5.43. The van der Waals surface area contributed by atoms with Gasteiger partial charge in [-0.15, -0.1) is 0 Å². The van der Waals surface area contributed by atoms with Gasteiger partial charge in [-0.25, -0.2) is 0 Å². The van der Waals surface area contributed by atoms with Gasteiger partial charge in [-0.3, -0.25) is 9.89 Å². The van der Waals surface area contributed by atoms with Crippen LogP contribution in [0.15, 0.2) is 0 Å². The number of aryl methyl sites for hydroxylation is 1. The monoisotopic (exact) mass is 278 g/mol. The maximum absolute atomic E-state index is 12.0. The molecule has 1 aromatic rings. The highest BCUT2D eigenvalue weighted by molar-refractivity contribution is 5.73. The number of aromatic nitrogens is 2. The number of H-pyrrole nitrogens is 1. The number of nitrogens with one attached hydrogen (secondary N) is 1. The highest BCUT2D eigenvalue weighted by Gasteiger charge is 2.25. The zero-order chi connectivity index (χ0) is 14.8. The Hall–Kier alpha value is -1.32. The molecule has 1 heterocycles. The van der Waals surface area contributed by atoms with Crippen LogP contribution in [0.4, 0.5) is 0 Å². The SMILES string of the molecule is Cc1[nH]nc(C2CCCCC2)c1CC(=O)OC(C)(C)C. The van der Waals surface area contributed by atoms with Gasteiger partial charge in [-0.2, -0.15) is 5.10 Å². The van der Waals surface area contributed by atoms with Crippen molar-refractivity contribution in [2.24, 2.45) is 0 Å². The Morgan fingerprint density at radius 1 is 1.30 bits per heavy atom. The molecule has 2 rings (SSSR count). The topological polar surface area (TPSA) is 55.0 Å². The molecule has 1 fully saturated rings. The lowest BCUT2D eigenvalue weighted by Crippen LogP contribution is -2.25. The third kappa shape index (κ3) is 3.84. The van der Waals surface area contributed by atoms with E-state index in [1.54, 1.807) is 0 Å². The molecule has 20 heavy (non-hydrogen) atoms. The smallest absolute Gasteiger partial charge is 0.310 e. The molecule has 0 unspecified atom stereocenters. The minimum Gasteiger partial charge on any atom is -0.460 e. The van der Waals surface area contributed by atoms with Crippen molar-refractivity contribution in [3.8, 4) is 0 Å². The molecule has 4 heteroatoms.